The molecule has 3 aliphatic heterocycles. The number of aromatic nitrogens is 3. The zero-order chi connectivity index (χ0) is 43.4. The third kappa shape index (κ3) is 10.5. The number of carbonyl (C=O) groups is 3. The fraction of sp³-hybridized carbons (Fsp3) is 0.732. The topological polar surface area (TPSA) is 230 Å². The van der Waals surface area contributed by atoms with Gasteiger partial charge >= 0.3 is 5.97 Å². The summed E-state index contributed by atoms with van der Waals surface area (Å²) in [6.07, 6.45) is -1.98. The third-order valence-electron chi connectivity index (χ3n) is 11.8. The minimum absolute atomic E-state index is 0.119. The Labute approximate surface area is 345 Å². The van der Waals surface area contributed by atoms with Gasteiger partial charge in [-0.25, -0.2) is 9.98 Å². The maximum Gasteiger partial charge on any atom is 0.316 e. The Kier molecular flexibility index (Phi) is 15.0. The van der Waals surface area contributed by atoms with E-state index in [-0.39, 0.29) is 50.5 Å². The molecule has 1 amide bonds. The molecule has 328 valence electrons. The molecule has 3 aliphatic rings. The van der Waals surface area contributed by atoms with E-state index in [1.807, 2.05) is 32.8 Å². The fourth-order valence-electron chi connectivity index (χ4n) is 8.69. The van der Waals surface area contributed by atoms with Crippen LogP contribution in [-0.4, -0.2) is 141 Å². The number of ether oxygens (including phenoxy) is 5. The lowest BCUT2D eigenvalue weighted by Crippen LogP contribution is -2.60. The van der Waals surface area contributed by atoms with Gasteiger partial charge in [-0.05, 0) is 67.0 Å². The molecule has 3 N–H and O–H groups in total. The molecule has 1 unspecified atom stereocenters. The van der Waals surface area contributed by atoms with E-state index < -0.39 is 83.2 Å². The number of nitrogens with one attached hydrogen (secondary N) is 1. The second kappa shape index (κ2) is 19.2. The van der Waals surface area contributed by atoms with Crippen LogP contribution in [0.1, 0.15) is 87.3 Å². The molecule has 2 aromatic heterocycles. The summed E-state index contributed by atoms with van der Waals surface area (Å²) >= 11 is 0. The number of hydrogen-bond acceptors (Lipinski definition) is 16. The maximum absolute atomic E-state index is 14.5. The highest BCUT2D eigenvalue weighted by molar-refractivity contribution is 6.00. The second-order valence-corrected chi connectivity index (χ2v) is 16.9. The number of ketones is 1. The van der Waals surface area contributed by atoms with Crippen LogP contribution in [0.5, 0.6) is 0 Å². The Bertz CT molecular complexity index is 1810. The first-order valence-corrected chi connectivity index (χ1v) is 20.4. The van der Waals surface area contributed by atoms with Crippen LogP contribution in [0.15, 0.2) is 33.1 Å². The first kappa shape index (κ1) is 46.2. The zero-order valence-corrected chi connectivity index (χ0v) is 36.0. The van der Waals surface area contributed by atoms with Gasteiger partial charge in [-0.15, -0.1) is 0 Å². The molecular weight excluding hydrogens is 768 g/mol. The van der Waals surface area contributed by atoms with Gasteiger partial charge < -0.3 is 53.1 Å². The van der Waals surface area contributed by atoms with E-state index >= 15 is 0 Å². The number of Topliss-reactive ketones (excluding diaryl/α,β-unsaturated/α-hetero) is 1. The van der Waals surface area contributed by atoms with Crippen LogP contribution in [0.4, 0.5) is 0 Å². The minimum Gasteiger partial charge on any atom is -0.459 e. The Morgan fingerprint density at radius 1 is 1.12 bits per heavy atom. The highest BCUT2D eigenvalue weighted by atomic mass is 16.7. The summed E-state index contributed by atoms with van der Waals surface area (Å²) in [7, 11) is 3.72. The quantitative estimate of drug-likeness (QED) is 0.196. The van der Waals surface area contributed by atoms with Crippen molar-refractivity contribution in [2.45, 2.75) is 142 Å². The van der Waals surface area contributed by atoms with Gasteiger partial charge in [-0.1, -0.05) is 38.0 Å². The number of cyclic esters (lactones) is 1. The van der Waals surface area contributed by atoms with Crippen LogP contribution < -0.4 is 0 Å². The number of hydrogen-bond donors (Lipinski definition) is 3. The predicted octanol–water partition coefficient (Wildman–Crippen LogP) is 3.50. The number of imidazole rings is 1. The van der Waals surface area contributed by atoms with Gasteiger partial charge in [0.15, 0.2) is 30.3 Å². The molecular formula is C41H62N6O12. The second-order valence-electron chi connectivity index (χ2n) is 16.9. The van der Waals surface area contributed by atoms with Crippen LogP contribution in [-0.2, 0) is 49.5 Å². The summed E-state index contributed by atoms with van der Waals surface area (Å²) in [6.45, 7) is 14.4. The summed E-state index contributed by atoms with van der Waals surface area (Å²) in [5.74, 6) is -4.54. The van der Waals surface area contributed by atoms with Crippen molar-refractivity contribution in [3.63, 3.8) is 0 Å². The minimum atomic E-state index is -1.87. The Hall–Kier alpha value is -3.91. The standard InChI is InChI=1S/C41H62N6O12/c1-12-31-41(9,52)36-23(4)32(44-26(7)48)21(2)17-40(8,54-19-27(18-53-36)45-55-20-28-16-29(46-59-28)37-42-13-14-43-37)35(24(5)33(49)25(6)38(51)57-31)58-39-34(50)30(47(10)11)15-22(3)56-39/h13-14,16,21-25,30-31,34-36,39,50,52H,12,15,17-20H2,1-11H3,(H,42,43)/b44-32?,45-27+/t21-,22-,23+,24+,25-,30+,31-,34-,35-,36?,39+,40-,41-/m1/s1. The number of likely N-dealkylation sites (N-methyl/N-ethyl adjacent to an activating group) is 1. The lowest BCUT2D eigenvalue weighted by molar-refractivity contribution is -0.296. The predicted molar refractivity (Wildman–Crippen MR) is 213 cm³/mol. The molecule has 2 aromatic rings. The van der Waals surface area contributed by atoms with Crippen LogP contribution in [0.2, 0.25) is 0 Å². The molecule has 18 heteroatoms. The molecule has 0 radical (unpaired) electrons. The number of aliphatic hydroxyl groups excluding tert-OH is 1. The van der Waals surface area contributed by atoms with E-state index in [2.05, 4.69) is 25.3 Å². The monoisotopic (exact) mass is 830 g/mol. The molecule has 0 saturated carbocycles. The largest absolute Gasteiger partial charge is 0.459 e. The van der Waals surface area contributed by atoms with Gasteiger partial charge in [-0.2, -0.15) is 0 Å². The van der Waals surface area contributed by atoms with Crippen molar-refractivity contribution < 1.29 is 57.6 Å². The number of H-pyrrole nitrogens is 1. The van der Waals surface area contributed by atoms with E-state index in [1.54, 1.807) is 46.2 Å². The highest BCUT2D eigenvalue weighted by Gasteiger charge is 2.53. The molecule has 59 heavy (non-hydrogen) atoms. The van der Waals surface area contributed by atoms with Crippen molar-refractivity contribution in [2.75, 3.05) is 27.3 Å². The summed E-state index contributed by atoms with van der Waals surface area (Å²) in [4.78, 5) is 60.5. The summed E-state index contributed by atoms with van der Waals surface area (Å²) in [5.41, 5.74) is -2.18. The third-order valence-corrected chi connectivity index (χ3v) is 11.8. The summed E-state index contributed by atoms with van der Waals surface area (Å²) in [5, 5.41) is 32.5. The first-order valence-electron chi connectivity index (χ1n) is 20.4. The van der Waals surface area contributed by atoms with Crippen molar-refractivity contribution in [2.24, 2.45) is 33.8 Å². The smallest absolute Gasteiger partial charge is 0.316 e. The highest BCUT2D eigenvalue weighted by Crippen LogP contribution is 2.40. The Morgan fingerprint density at radius 2 is 1.85 bits per heavy atom. The summed E-state index contributed by atoms with van der Waals surface area (Å²) < 4.78 is 37.8. The van der Waals surface area contributed by atoms with Crippen LogP contribution >= 0.6 is 0 Å². The number of esters is 1. The molecule has 13 atom stereocenters. The molecule has 3 fully saturated rings. The molecule has 5 rings (SSSR count). The van der Waals surface area contributed by atoms with E-state index in [1.165, 1.54) is 20.8 Å². The van der Waals surface area contributed by atoms with Crippen molar-refractivity contribution in [1.29, 1.82) is 0 Å². The number of nitrogens with zero attached hydrogens (tertiary/aromatic N) is 5. The Morgan fingerprint density at radius 3 is 2.49 bits per heavy atom. The van der Waals surface area contributed by atoms with E-state index in [0.717, 1.165) is 0 Å². The fourth-order valence-corrected chi connectivity index (χ4v) is 8.69. The van der Waals surface area contributed by atoms with Crippen LogP contribution in [0.3, 0.4) is 0 Å². The van der Waals surface area contributed by atoms with Crippen molar-refractivity contribution in [3.05, 3.63) is 24.2 Å². The van der Waals surface area contributed by atoms with E-state index in [4.69, 9.17) is 33.0 Å². The van der Waals surface area contributed by atoms with E-state index in [0.29, 0.717) is 29.4 Å². The molecule has 3 saturated heterocycles. The molecule has 0 spiro atoms. The van der Waals surface area contributed by atoms with Crippen LogP contribution in [0.25, 0.3) is 11.5 Å². The van der Waals surface area contributed by atoms with Gasteiger partial charge in [0.05, 0.1) is 37.1 Å². The number of oxime groups is 1. The molecule has 18 nitrogen and oxygen atoms in total. The summed E-state index contributed by atoms with van der Waals surface area (Å²) in [6, 6.07) is 1.33. The van der Waals surface area contributed by atoms with Gasteiger partial charge in [0.2, 0.25) is 5.91 Å². The number of aliphatic imine (C=N–C) groups is 1. The molecule has 0 aromatic carbocycles. The lowest BCUT2D eigenvalue weighted by Gasteiger charge is -2.47. The first-order chi connectivity index (χ1) is 27.8. The van der Waals surface area contributed by atoms with E-state index in [9.17, 15) is 24.6 Å². The number of aliphatic hydroxyl groups is 2. The average Bonchev–Trinajstić information content (AvgIpc) is 3.89. The van der Waals surface area contributed by atoms with Gasteiger partial charge in [0, 0.05) is 49.0 Å². The normalized spacial score (nSPS) is 38.1. The number of aromatic amines is 1. The van der Waals surface area contributed by atoms with Gasteiger partial charge in [0.25, 0.3) is 0 Å². The Balaban J connectivity index is 1.64. The van der Waals surface area contributed by atoms with Gasteiger partial charge in [-0.3, -0.25) is 14.4 Å². The van der Waals surface area contributed by atoms with Crippen molar-refractivity contribution in [3.8, 4) is 11.5 Å². The zero-order valence-electron chi connectivity index (χ0n) is 36.0. The molecule has 0 aliphatic carbocycles. The number of carbonyl (C=O) groups excluding carboxylic acids is 3. The number of amides is 1. The SMILES string of the molecule is CC[C@H]1OC(=O)[C@H](C)C(=O)[C@H](C)[C@@H](O[C@@H]2O[C@H](C)C[C@H](N(C)C)[C@H]2O)[C@@]2(C)C[C@@H](C)C(=NC(C)=O)[C@H](C)C(OC/C(=N\OCc3cc(-c4ncc[nH]4)no3)CO2)[C@]1(C)O. The molecule has 2 bridgehead atoms. The molecule has 5 heterocycles. The average molecular weight is 831 g/mol. The number of fused-ring (bicyclic) bond motifs is 5. The van der Waals surface area contributed by atoms with Crippen molar-refractivity contribution in [1.82, 2.24) is 20.0 Å². The van der Waals surface area contributed by atoms with Gasteiger partial charge in [0.1, 0.15) is 35.1 Å². The van der Waals surface area contributed by atoms with Crippen LogP contribution in [0, 0.1) is 23.7 Å². The lowest BCUT2D eigenvalue weighted by atomic mass is 9.73. The van der Waals surface area contributed by atoms with Crippen molar-refractivity contribution >= 4 is 29.1 Å². The maximum atomic E-state index is 14.5. The number of rotatable bonds is 8.